The molecular weight excluding hydrogens is 372 g/mol. The largest absolute Gasteiger partial charge is 0.466 e. The van der Waals surface area contributed by atoms with Crippen LogP contribution >= 0.6 is 12.2 Å². The highest BCUT2D eigenvalue weighted by Gasteiger charge is 2.34. The van der Waals surface area contributed by atoms with Crippen molar-refractivity contribution in [2.45, 2.75) is 26.8 Å². The van der Waals surface area contributed by atoms with Gasteiger partial charge in [0.15, 0.2) is 16.7 Å². The molecule has 0 aliphatic carbocycles. The SMILES string of the molecule is CCN(CC)CCN1C(=S)N[C@H](c2ccc(F)c(F)c2)C(C(=O)OC)=C1C. The maximum absolute atomic E-state index is 13.7. The van der Waals surface area contributed by atoms with Crippen molar-refractivity contribution in [3.8, 4) is 0 Å². The average Bonchev–Trinajstić information content (AvgIpc) is 2.65. The van der Waals surface area contributed by atoms with Crippen LogP contribution in [0.25, 0.3) is 0 Å². The van der Waals surface area contributed by atoms with Crippen molar-refractivity contribution >= 4 is 23.3 Å². The van der Waals surface area contributed by atoms with Gasteiger partial charge >= 0.3 is 5.97 Å². The first-order valence-electron chi connectivity index (χ1n) is 8.88. The van der Waals surface area contributed by atoms with E-state index in [0.717, 1.165) is 31.8 Å². The topological polar surface area (TPSA) is 44.8 Å². The van der Waals surface area contributed by atoms with E-state index in [-0.39, 0.29) is 0 Å². The van der Waals surface area contributed by atoms with Gasteiger partial charge in [-0.3, -0.25) is 0 Å². The molecule has 8 heteroatoms. The van der Waals surface area contributed by atoms with E-state index < -0.39 is 23.6 Å². The molecule has 5 nitrogen and oxygen atoms in total. The number of carbonyl (C=O) groups is 1. The molecule has 1 aromatic rings. The quantitative estimate of drug-likeness (QED) is 0.564. The van der Waals surface area contributed by atoms with Crippen LogP contribution in [0.2, 0.25) is 0 Å². The summed E-state index contributed by atoms with van der Waals surface area (Å²) in [4.78, 5) is 16.5. The molecule has 0 spiro atoms. The van der Waals surface area contributed by atoms with Crippen LogP contribution in [0, 0.1) is 11.6 Å². The summed E-state index contributed by atoms with van der Waals surface area (Å²) in [7, 11) is 1.29. The highest BCUT2D eigenvalue weighted by Crippen LogP contribution is 2.31. The van der Waals surface area contributed by atoms with Gasteiger partial charge in [-0.2, -0.15) is 0 Å². The lowest BCUT2D eigenvalue weighted by Gasteiger charge is -2.38. The minimum atomic E-state index is -0.981. The summed E-state index contributed by atoms with van der Waals surface area (Å²) in [5, 5.41) is 3.51. The van der Waals surface area contributed by atoms with E-state index in [0.29, 0.717) is 28.5 Å². The van der Waals surface area contributed by atoms with Crippen LogP contribution in [0.3, 0.4) is 0 Å². The second-order valence-electron chi connectivity index (χ2n) is 6.23. The lowest BCUT2D eigenvalue weighted by atomic mass is 9.95. The van der Waals surface area contributed by atoms with Crippen LogP contribution in [-0.2, 0) is 9.53 Å². The Morgan fingerprint density at radius 3 is 2.52 bits per heavy atom. The Hall–Kier alpha value is -2.06. The zero-order valence-electron chi connectivity index (χ0n) is 16.0. The van der Waals surface area contributed by atoms with E-state index in [1.165, 1.54) is 13.2 Å². The Labute approximate surface area is 164 Å². The second-order valence-corrected chi connectivity index (χ2v) is 6.61. The zero-order chi connectivity index (χ0) is 20.1. The van der Waals surface area contributed by atoms with Gasteiger partial charge in [-0.15, -0.1) is 0 Å². The van der Waals surface area contributed by atoms with Gasteiger partial charge in [0.25, 0.3) is 0 Å². The number of thiocarbonyl (C=S) groups is 1. The van der Waals surface area contributed by atoms with Gasteiger partial charge in [0.2, 0.25) is 0 Å². The number of benzene rings is 1. The van der Waals surface area contributed by atoms with Gasteiger partial charge in [0, 0.05) is 18.8 Å². The van der Waals surface area contributed by atoms with Crippen molar-refractivity contribution < 1.29 is 18.3 Å². The molecule has 148 valence electrons. The third kappa shape index (κ3) is 4.62. The molecular formula is C19H25F2N3O2S. The molecule has 27 heavy (non-hydrogen) atoms. The van der Waals surface area contributed by atoms with Crippen LogP contribution in [0.1, 0.15) is 32.4 Å². The van der Waals surface area contributed by atoms with Gasteiger partial charge in [0.1, 0.15) is 0 Å². The maximum Gasteiger partial charge on any atom is 0.337 e. The third-order valence-electron chi connectivity index (χ3n) is 4.81. The number of hydrogen-bond donors (Lipinski definition) is 1. The lowest BCUT2D eigenvalue weighted by molar-refractivity contribution is -0.136. The fourth-order valence-corrected chi connectivity index (χ4v) is 3.49. The van der Waals surface area contributed by atoms with Crippen LogP contribution in [0.15, 0.2) is 29.5 Å². The number of ether oxygens (including phenoxy) is 1. The molecule has 1 atom stereocenters. The van der Waals surface area contributed by atoms with Crippen molar-refractivity contribution in [3.63, 3.8) is 0 Å². The molecule has 1 aliphatic rings. The van der Waals surface area contributed by atoms with E-state index in [4.69, 9.17) is 17.0 Å². The van der Waals surface area contributed by atoms with Crippen LogP contribution in [0.5, 0.6) is 0 Å². The predicted molar refractivity (Wildman–Crippen MR) is 104 cm³/mol. The molecule has 0 fully saturated rings. The van der Waals surface area contributed by atoms with Crippen LogP contribution in [0.4, 0.5) is 8.78 Å². The van der Waals surface area contributed by atoms with Gasteiger partial charge in [-0.05, 0) is 49.9 Å². The molecule has 0 amide bonds. The number of methoxy groups -OCH3 is 1. The monoisotopic (exact) mass is 397 g/mol. The van der Waals surface area contributed by atoms with Gasteiger partial charge in [-0.1, -0.05) is 19.9 Å². The normalized spacial score (nSPS) is 17.4. The van der Waals surface area contributed by atoms with Crippen LogP contribution < -0.4 is 5.32 Å². The lowest BCUT2D eigenvalue weighted by Crippen LogP contribution is -2.49. The Kier molecular flexibility index (Phi) is 7.26. The van der Waals surface area contributed by atoms with E-state index >= 15 is 0 Å². The molecule has 0 radical (unpaired) electrons. The molecule has 0 saturated carbocycles. The number of allylic oxidation sites excluding steroid dienone is 1. The standard InChI is InChI=1S/C19H25F2N3O2S/c1-5-23(6-2)9-10-24-12(3)16(18(25)26-4)17(22-19(24)27)13-7-8-14(20)15(21)11-13/h7-8,11,17H,5-6,9-10H2,1-4H3,(H,22,27)/t17-/m1/s1. The summed E-state index contributed by atoms with van der Waals surface area (Å²) in [6.07, 6.45) is 0. The number of esters is 1. The maximum atomic E-state index is 13.7. The molecule has 1 heterocycles. The van der Waals surface area contributed by atoms with Crippen molar-refractivity contribution in [1.29, 1.82) is 0 Å². The molecule has 2 rings (SSSR count). The molecule has 0 aromatic heterocycles. The van der Waals surface area contributed by atoms with E-state index in [9.17, 15) is 13.6 Å². The highest BCUT2D eigenvalue weighted by atomic mass is 32.1. The third-order valence-corrected chi connectivity index (χ3v) is 5.15. The predicted octanol–water partition coefficient (Wildman–Crippen LogP) is 2.98. The van der Waals surface area contributed by atoms with Gasteiger partial charge < -0.3 is 19.9 Å². The fourth-order valence-electron chi connectivity index (χ4n) is 3.15. The van der Waals surface area contributed by atoms with E-state index in [2.05, 4.69) is 24.1 Å². The first-order chi connectivity index (χ1) is 12.8. The van der Waals surface area contributed by atoms with Gasteiger partial charge in [-0.25, -0.2) is 13.6 Å². The smallest absolute Gasteiger partial charge is 0.337 e. The number of carbonyl (C=O) groups excluding carboxylic acids is 1. The van der Waals surface area contributed by atoms with E-state index in [1.807, 2.05) is 4.90 Å². The Bertz CT molecular complexity index is 750. The van der Waals surface area contributed by atoms with Crippen LogP contribution in [-0.4, -0.2) is 54.2 Å². The Balaban J connectivity index is 2.41. The summed E-state index contributed by atoms with van der Waals surface area (Å²) < 4.78 is 32.0. The number of rotatable bonds is 7. The molecule has 0 saturated heterocycles. The van der Waals surface area contributed by atoms with Crippen molar-refractivity contribution in [2.24, 2.45) is 0 Å². The van der Waals surface area contributed by atoms with Gasteiger partial charge in [0.05, 0.1) is 18.7 Å². The minimum absolute atomic E-state index is 0.330. The van der Waals surface area contributed by atoms with Crippen molar-refractivity contribution in [3.05, 3.63) is 46.7 Å². The first kappa shape index (κ1) is 21.2. The number of hydrogen-bond acceptors (Lipinski definition) is 4. The zero-order valence-corrected chi connectivity index (χ0v) is 16.8. The minimum Gasteiger partial charge on any atom is -0.466 e. The highest BCUT2D eigenvalue weighted by molar-refractivity contribution is 7.80. The summed E-state index contributed by atoms with van der Waals surface area (Å²) >= 11 is 5.48. The molecule has 0 unspecified atom stereocenters. The fraction of sp³-hybridized carbons (Fsp3) is 0.474. The summed E-state index contributed by atoms with van der Waals surface area (Å²) in [5.74, 6) is -2.46. The molecule has 1 aromatic carbocycles. The van der Waals surface area contributed by atoms with Crippen molar-refractivity contribution in [2.75, 3.05) is 33.3 Å². The molecule has 1 aliphatic heterocycles. The number of halogens is 2. The molecule has 1 N–H and O–H groups in total. The number of nitrogens with zero attached hydrogens (tertiary/aromatic N) is 2. The molecule has 0 bridgehead atoms. The Morgan fingerprint density at radius 2 is 1.96 bits per heavy atom. The summed E-state index contributed by atoms with van der Waals surface area (Å²) in [5.41, 5.74) is 1.38. The first-order valence-corrected chi connectivity index (χ1v) is 9.29. The average molecular weight is 397 g/mol. The summed E-state index contributed by atoms with van der Waals surface area (Å²) in [6, 6.07) is 2.83. The van der Waals surface area contributed by atoms with E-state index in [1.54, 1.807) is 6.92 Å². The number of nitrogens with one attached hydrogen (secondary N) is 1. The summed E-state index contributed by atoms with van der Waals surface area (Å²) in [6.45, 7) is 9.15. The number of likely N-dealkylation sites (N-methyl/N-ethyl adjacent to an activating group) is 1. The van der Waals surface area contributed by atoms with Crippen molar-refractivity contribution in [1.82, 2.24) is 15.1 Å². The second kappa shape index (κ2) is 9.23. The Morgan fingerprint density at radius 1 is 1.30 bits per heavy atom.